The Morgan fingerprint density at radius 2 is 1.68 bits per heavy atom. The first-order chi connectivity index (χ1) is 10.6. The molecule has 2 N–H and O–H groups in total. The first kappa shape index (κ1) is 15.7. The van der Waals surface area contributed by atoms with Gasteiger partial charge in [0.1, 0.15) is 5.82 Å². The van der Waals surface area contributed by atoms with E-state index >= 15 is 0 Å². The monoisotopic (exact) mass is 301 g/mol. The van der Waals surface area contributed by atoms with E-state index in [-0.39, 0.29) is 18.1 Å². The fourth-order valence-corrected chi connectivity index (χ4v) is 2.08. The van der Waals surface area contributed by atoms with Gasteiger partial charge in [-0.3, -0.25) is 4.79 Å². The molecule has 0 radical (unpaired) electrons. The number of carbonyl (C=O) groups excluding carboxylic acids is 1. The quantitative estimate of drug-likeness (QED) is 0.862. The molecule has 2 aromatic carbocycles. The number of rotatable bonds is 6. The first-order valence-electron chi connectivity index (χ1n) is 6.88. The van der Waals surface area contributed by atoms with Gasteiger partial charge in [-0.2, -0.15) is 0 Å². The summed E-state index contributed by atoms with van der Waals surface area (Å²) in [4.78, 5) is 23.2. The number of aryl methyl sites for hydroxylation is 1. The maximum Gasteiger partial charge on any atom is 0.330 e. The van der Waals surface area contributed by atoms with Crippen LogP contribution in [0.25, 0.3) is 0 Å². The summed E-state index contributed by atoms with van der Waals surface area (Å²) in [6, 6.07) is 13.3. The molecular weight excluding hydrogens is 285 g/mol. The van der Waals surface area contributed by atoms with Crippen LogP contribution in [0, 0.1) is 5.82 Å². The highest BCUT2D eigenvalue weighted by atomic mass is 19.1. The number of carboxylic acids is 1. The van der Waals surface area contributed by atoms with Gasteiger partial charge in [-0.15, -0.1) is 0 Å². The summed E-state index contributed by atoms with van der Waals surface area (Å²) in [7, 11) is 0. The lowest BCUT2D eigenvalue weighted by atomic mass is 10.1. The van der Waals surface area contributed by atoms with Crippen molar-refractivity contribution in [3.05, 3.63) is 71.5 Å². The van der Waals surface area contributed by atoms with Crippen LogP contribution in [0.4, 0.5) is 4.39 Å². The number of carboxylic acid groups (broad SMARTS) is 1. The molecular formula is C17H16FNO3. The van der Waals surface area contributed by atoms with E-state index in [1.54, 1.807) is 42.5 Å². The van der Waals surface area contributed by atoms with Crippen molar-refractivity contribution < 1.29 is 19.1 Å². The molecule has 114 valence electrons. The Bertz CT molecular complexity index is 641. The van der Waals surface area contributed by atoms with E-state index in [1.165, 1.54) is 12.1 Å². The van der Waals surface area contributed by atoms with Gasteiger partial charge in [-0.1, -0.05) is 42.5 Å². The second kappa shape index (κ2) is 7.36. The Morgan fingerprint density at radius 1 is 1.05 bits per heavy atom. The maximum absolute atomic E-state index is 12.8. The van der Waals surface area contributed by atoms with E-state index < -0.39 is 12.0 Å². The summed E-state index contributed by atoms with van der Waals surface area (Å²) in [6.45, 7) is 0. The molecule has 0 bridgehead atoms. The highest BCUT2D eigenvalue weighted by molar-refractivity contribution is 5.84. The van der Waals surface area contributed by atoms with Crippen molar-refractivity contribution in [3.63, 3.8) is 0 Å². The van der Waals surface area contributed by atoms with E-state index in [4.69, 9.17) is 0 Å². The zero-order chi connectivity index (χ0) is 15.9. The molecule has 0 aliphatic rings. The van der Waals surface area contributed by atoms with Crippen LogP contribution in [0.2, 0.25) is 0 Å². The van der Waals surface area contributed by atoms with Crippen LogP contribution < -0.4 is 5.32 Å². The third-order valence-corrected chi connectivity index (χ3v) is 3.24. The SMILES string of the molecule is O=C(CCc1ccc(F)cc1)N[C@H](C(=O)O)c1ccccc1. The largest absolute Gasteiger partial charge is 0.479 e. The number of benzene rings is 2. The molecule has 2 aromatic rings. The van der Waals surface area contributed by atoms with Gasteiger partial charge in [-0.05, 0) is 29.7 Å². The van der Waals surface area contributed by atoms with Gasteiger partial charge in [0.2, 0.25) is 5.91 Å². The molecule has 22 heavy (non-hydrogen) atoms. The number of nitrogens with one attached hydrogen (secondary N) is 1. The lowest BCUT2D eigenvalue weighted by Crippen LogP contribution is -2.33. The Kier molecular flexibility index (Phi) is 5.25. The lowest BCUT2D eigenvalue weighted by Gasteiger charge is -2.14. The van der Waals surface area contributed by atoms with Gasteiger partial charge in [0, 0.05) is 6.42 Å². The van der Waals surface area contributed by atoms with Gasteiger partial charge in [0.05, 0.1) is 0 Å². The van der Waals surface area contributed by atoms with Crippen LogP contribution in [0.3, 0.4) is 0 Å². The third kappa shape index (κ3) is 4.41. The van der Waals surface area contributed by atoms with Gasteiger partial charge in [0.15, 0.2) is 6.04 Å². The van der Waals surface area contributed by atoms with Crippen molar-refractivity contribution in [2.24, 2.45) is 0 Å². The van der Waals surface area contributed by atoms with Crippen molar-refractivity contribution in [1.82, 2.24) is 5.32 Å². The molecule has 1 atom stereocenters. The van der Waals surface area contributed by atoms with E-state index in [1.807, 2.05) is 0 Å². The molecule has 1 amide bonds. The van der Waals surface area contributed by atoms with Gasteiger partial charge >= 0.3 is 5.97 Å². The number of hydrogen-bond acceptors (Lipinski definition) is 2. The Labute approximate surface area is 127 Å². The first-order valence-corrected chi connectivity index (χ1v) is 6.88. The summed E-state index contributed by atoms with van der Waals surface area (Å²) in [6.07, 6.45) is 0.565. The molecule has 4 nitrogen and oxygen atoms in total. The molecule has 0 saturated carbocycles. The van der Waals surface area contributed by atoms with Crippen LogP contribution in [-0.2, 0) is 16.0 Å². The van der Waals surface area contributed by atoms with Crippen LogP contribution in [0.5, 0.6) is 0 Å². The smallest absolute Gasteiger partial charge is 0.330 e. The van der Waals surface area contributed by atoms with E-state index in [2.05, 4.69) is 5.32 Å². The van der Waals surface area contributed by atoms with Crippen molar-refractivity contribution in [2.45, 2.75) is 18.9 Å². The van der Waals surface area contributed by atoms with Gasteiger partial charge < -0.3 is 10.4 Å². The topological polar surface area (TPSA) is 66.4 Å². The van der Waals surface area contributed by atoms with Crippen LogP contribution in [-0.4, -0.2) is 17.0 Å². The Hall–Kier alpha value is -2.69. The minimum atomic E-state index is -1.11. The van der Waals surface area contributed by atoms with Crippen molar-refractivity contribution in [2.75, 3.05) is 0 Å². The fraction of sp³-hybridized carbons (Fsp3) is 0.176. The molecule has 0 aliphatic carbocycles. The number of carbonyl (C=O) groups is 2. The summed E-state index contributed by atoms with van der Waals surface area (Å²) >= 11 is 0. The standard InChI is InChI=1S/C17H16FNO3/c18-14-9-6-12(7-10-14)8-11-15(20)19-16(17(21)22)13-4-2-1-3-5-13/h1-7,9-10,16H,8,11H2,(H,19,20)(H,21,22)/t16-/m0/s1. The van der Waals surface area contributed by atoms with Crippen LogP contribution in [0.1, 0.15) is 23.6 Å². The lowest BCUT2D eigenvalue weighted by molar-refractivity contribution is -0.142. The average molecular weight is 301 g/mol. The predicted octanol–water partition coefficient (Wildman–Crippen LogP) is 2.70. The van der Waals surface area contributed by atoms with Gasteiger partial charge in [0.25, 0.3) is 0 Å². The molecule has 0 saturated heterocycles. The van der Waals surface area contributed by atoms with E-state index in [9.17, 15) is 19.1 Å². The third-order valence-electron chi connectivity index (χ3n) is 3.24. The average Bonchev–Trinajstić information content (AvgIpc) is 2.52. The zero-order valence-corrected chi connectivity index (χ0v) is 11.8. The number of aliphatic carboxylic acids is 1. The molecule has 5 heteroatoms. The second-order valence-corrected chi connectivity index (χ2v) is 4.88. The van der Waals surface area contributed by atoms with Crippen molar-refractivity contribution >= 4 is 11.9 Å². The Balaban J connectivity index is 1.94. The number of hydrogen-bond donors (Lipinski definition) is 2. The summed E-state index contributed by atoms with van der Waals surface area (Å²) in [5, 5.41) is 11.7. The molecule has 0 heterocycles. The maximum atomic E-state index is 12.8. The molecule has 0 fully saturated rings. The second-order valence-electron chi connectivity index (χ2n) is 4.88. The van der Waals surface area contributed by atoms with Crippen molar-refractivity contribution in [3.8, 4) is 0 Å². The molecule has 0 aliphatic heterocycles. The van der Waals surface area contributed by atoms with Gasteiger partial charge in [-0.25, -0.2) is 9.18 Å². The summed E-state index contributed by atoms with van der Waals surface area (Å²) in [5.74, 6) is -1.80. The summed E-state index contributed by atoms with van der Waals surface area (Å²) < 4.78 is 12.8. The van der Waals surface area contributed by atoms with Crippen LogP contribution >= 0.6 is 0 Å². The number of halogens is 1. The summed E-state index contributed by atoms with van der Waals surface area (Å²) in [5.41, 5.74) is 1.34. The van der Waals surface area contributed by atoms with Crippen molar-refractivity contribution in [1.29, 1.82) is 0 Å². The Morgan fingerprint density at radius 3 is 2.27 bits per heavy atom. The highest BCUT2D eigenvalue weighted by Gasteiger charge is 2.21. The molecule has 0 unspecified atom stereocenters. The number of amides is 1. The van der Waals surface area contributed by atoms with E-state index in [0.29, 0.717) is 12.0 Å². The zero-order valence-electron chi connectivity index (χ0n) is 11.8. The minimum Gasteiger partial charge on any atom is -0.479 e. The van der Waals surface area contributed by atoms with E-state index in [0.717, 1.165) is 5.56 Å². The fourth-order valence-electron chi connectivity index (χ4n) is 2.08. The normalized spacial score (nSPS) is 11.7. The molecule has 0 aromatic heterocycles. The predicted molar refractivity (Wildman–Crippen MR) is 79.7 cm³/mol. The van der Waals surface area contributed by atoms with Crippen LogP contribution in [0.15, 0.2) is 54.6 Å². The minimum absolute atomic E-state index is 0.141. The molecule has 0 spiro atoms. The molecule has 2 rings (SSSR count). The highest BCUT2D eigenvalue weighted by Crippen LogP contribution is 2.13.